The van der Waals surface area contributed by atoms with Crippen LogP contribution in [0.25, 0.3) is 11.1 Å². The van der Waals surface area contributed by atoms with Crippen LogP contribution in [0.1, 0.15) is 5.56 Å². The maximum absolute atomic E-state index is 6.20. The minimum atomic E-state index is 0.429. The van der Waals surface area contributed by atoms with Gasteiger partial charge in [0.15, 0.2) is 0 Å². The van der Waals surface area contributed by atoms with Gasteiger partial charge < -0.3 is 0 Å². The third-order valence-corrected chi connectivity index (χ3v) is 4.50. The predicted octanol–water partition coefficient (Wildman–Crippen LogP) is 6.86. The highest BCUT2D eigenvalue weighted by atomic mass is 79.9. The van der Waals surface area contributed by atoms with Crippen molar-refractivity contribution in [2.24, 2.45) is 0 Å². The van der Waals surface area contributed by atoms with Gasteiger partial charge in [0.2, 0.25) is 0 Å². The maximum Gasteiger partial charge on any atom is 0.0607 e. The molecule has 2 aromatic carbocycles. The lowest BCUT2D eigenvalue weighted by molar-refractivity contribution is 1.43. The van der Waals surface area contributed by atoms with Crippen LogP contribution in [-0.2, 0) is 5.33 Å². The fraction of sp³-hybridized carbons (Fsp3) is 0.0769. The summed E-state index contributed by atoms with van der Waals surface area (Å²) in [6.45, 7) is 0. The van der Waals surface area contributed by atoms with Gasteiger partial charge in [0.25, 0.3) is 0 Å². The molecule has 0 unspecified atom stereocenters. The molecule has 0 heterocycles. The molecule has 0 saturated carbocycles. The lowest BCUT2D eigenvalue weighted by Gasteiger charge is -2.10. The van der Waals surface area contributed by atoms with E-state index in [9.17, 15) is 0 Å². The Labute approximate surface area is 134 Å². The molecule has 0 nitrogen and oxygen atoms in total. The molecule has 2 rings (SSSR count). The zero-order chi connectivity index (χ0) is 13.3. The monoisotopic (exact) mass is 382 g/mol. The van der Waals surface area contributed by atoms with Crippen molar-refractivity contribution in [3.63, 3.8) is 0 Å². The molecule has 0 saturated heterocycles. The quantitative estimate of drug-likeness (QED) is 0.391. The summed E-state index contributed by atoms with van der Waals surface area (Å²) in [6, 6.07) is 9.12. The lowest BCUT2D eigenvalue weighted by atomic mass is 10.0. The van der Waals surface area contributed by atoms with Crippen LogP contribution in [0.3, 0.4) is 0 Å². The number of halogens is 5. The van der Waals surface area contributed by atoms with E-state index in [0.717, 1.165) is 22.0 Å². The Morgan fingerprint density at radius 2 is 1.33 bits per heavy atom. The highest BCUT2D eigenvalue weighted by Crippen LogP contribution is 2.38. The van der Waals surface area contributed by atoms with Crippen LogP contribution < -0.4 is 0 Å². The first-order valence-electron chi connectivity index (χ1n) is 5.02. The average Bonchev–Trinajstić information content (AvgIpc) is 2.35. The Morgan fingerprint density at radius 1 is 0.722 bits per heavy atom. The molecule has 0 atom stereocenters. The minimum Gasteiger partial charge on any atom is -0.0876 e. The van der Waals surface area contributed by atoms with Crippen molar-refractivity contribution in [2.75, 3.05) is 0 Å². The van der Waals surface area contributed by atoms with Crippen molar-refractivity contribution in [2.45, 2.75) is 5.33 Å². The maximum atomic E-state index is 6.20. The summed E-state index contributed by atoms with van der Waals surface area (Å²) in [7, 11) is 0. The summed E-state index contributed by atoms with van der Waals surface area (Å²) >= 11 is 27.7. The van der Waals surface area contributed by atoms with Gasteiger partial charge in [0, 0.05) is 21.5 Å². The Balaban J connectivity index is 2.64. The fourth-order valence-electron chi connectivity index (χ4n) is 1.59. The molecule has 0 bridgehead atoms. The van der Waals surface area contributed by atoms with E-state index in [2.05, 4.69) is 15.9 Å². The van der Waals surface area contributed by atoms with Gasteiger partial charge in [0.1, 0.15) is 0 Å². The second kappa shape index (κ2) is 6.02. The first-order valence-corrected chi connectivity index (χ1v) is 7.65. The molecule has 0 aliphatic carbocycles. The van der Waals surface area contributed by atoms with Gasteiger partial charge in [-0.15, -0.1) is 0 Å². The van der Waals surface area contributed by atoms with Crippen LogP contribution in [0.2, 0.25) is 20.1 Å². The van der Waals surface area contributed by atoms with Gasteiger partial charge in [-0.05, 0) is 29.8 Å². The summed E-state index contributed by atoms with van der Waals surface area (Å²) in [4.78, 5) is 0. The summed E-state index contributed by atoms with van der Waals surface area (Å²) < 4.78 is 0. The first-order chi connectivity index (χ1) is 8.52. The van der Waals surface area contributed by atoms with E-state index in [-0.39, 0.29) is 0 Å². The zero-order valence-electron chi connectivity index (χ0n) is 8.98. The number of alkyl halides is 1. The van der Waals surface area contributed by atoms with Crippen molar-refractivity contribution in [1.29, 1.82) is 0 Å². The van der Waals surface area contributed by atoms with E-state index in [1.165, 1.54) is 0 Å². The molecule has 0 aliphatic rings. The van der Waals surface area contributed by atoms with Crippen LogP contribution >= 0.6 is 62.3 Å². The Morgan fingerprint density at radius 3 is 2.00 bits per heavy atom. The molecule has 2 aromatic rings. The van der Waals surface area contributed by atoms with Crippen LogP contribution in [-0.4, -0.2) is 0 Å². The Hall–Kier alpha value is 0.0800. The second-order valence-electron chi connectivity index (χ2n) is 3.69. The largest absolute Gasteiger partial charge is 0.0876 e. The highest BCUT2D eigenvalue weighted by molar-refractivity contribution is 9.08. The number of benzene rings is 2. The molecule has 0 spiro atoms. The van der Waals surface area contributed by atoms with Crippen LogP contribution in [0.4, 0.5) is 0 Å². The van der Waals surface area contributed by atoms with E-state index >= 15 is 0 Å². The topological polar surface area (TPSA) is 0 Å². The Bertz CT molecular complexity index is 596. The minimum absolute atomic E-state index is 0.429. The van der Waals surface area contributed by atoms with Gasteiger partial charge in [0.05, 0.1) is 15.1 Å². The van der Waals surface area contributed by atoms with Crippen molar-refractivity contribution in [3.05, 3.63) is 56.0 Å². The van der Waals surface area contributed by atoms with E-state index in [1.807, 2.05) is 18.2 Å². The van der Waals surface area contributed by atoms with Crippen LogP contribution in [0.5, 0.6) is 0 Å². The lowest BCUT2D eigenvalue weighted by Crippen LogP contribution is -1.86. The van der Waals surface area contributed by atoms with Crippen LogP contribution in [0.15, 0.2) is 30.3 Å². The van der Waals surface area contributed by atoms with E-state index in [1.54, 1.807) is 12.1 Å². The summed E-state index contributed by atoms with van der Waals surface area (Å²) in [5.41, 5.74) is 2.73. The predicted molar refractivity (Wildman–Crippen MR) is 84.5 cm³/mol. The molecule has 0 fully saturated rings. The second-order valence-corrected chi connectivity index (χ2v) is 5.88. The summed E-state index contributed by atoms with van der Waals surface area (Å²) in [5.74, 6) is 0. The molecule has 0 amide bonds. The molecule has 94 valence electrons. The van der Waals surface area contributed by atoms with E-state index in [0.29, 0.717) is 20.1 Å². The normalized spacial score (nSPS) is 10.7. The standard InChI is InChI=1S/C13H7BrCl4/c14-6-7-1-2-10(15)8(3-7)9-4-12(17)13(18)5-11(9)16/h1-5H,6H2. The van der Waals surface area contributed by atoms with Crippen molar-refractivity contribution in [3.8, 4) is 11.1 Å². The summed E-state index contributed by atoms with van der Waals surface area (Å²) in [6.07, 6.45) is 0. The smallest absolute Gasteiger partial charge is 0.0607 e. The van der Waals surface area contributed by atoms with Gasteiger partial charge in [-0.1, -0.05) is 68.4 Å². The van der Waals surface area contributed by atoms with E-state index in [4.69, 9.17) is 46.4 Å². The third kappa shape index (κ3) is 2.97. The number of rotatable bonds is 2. The average molecular weight is 385 g/mol. The van der Waals surface area contributed by atoms with Crippen molar-refractivity contribution in [1.82, 2.24) is 0 Å². The summed E-state index contributed by atoms with van der Waals surface area (Å²) in [5, 5.41) is 2.78. The van der Waals surface area contributed by atoms with Crippen molar-refractivity contribution < 1.29 is 0 Å². The van der Waals surface area contributed by atoms with Gasteiger partial charge in [-0.3, -0.25) is 0 Å². The molecule has 5 heteroatoms. The van der Waals surface area contributed by atoms with Gasteiger partial charge in [-0.2, -0.15) is 0 Å². The van der Waals surface area contributed by atoms with Crippen molar-refractivity contribution >= 4 is 62.3 Å². The van der Waals surface area contributed by atoms with E-state index < -0.39 is 0 Å². The molecular weight excluding hydrogens is 378 g/mol. The zero-order valence-corrected chi connectivity index (χ0v) is 13.6. The molecule has 0 radical (unpaired) electrons. The molecule has 0 N–H and O–H groups in total. The molecule has 18 heavy (non-hydrogen) atoms. The van der Waals surface area contributed by atoms with Gasteiger partial charge in [-0.25, -0.2) is 0 Å². The molecule has 0 aromatic heterocycles. The van der Waals surface area contributed by atoms with Crippen LogP contribution in [0, 0.1) is 0 Å². The SMILES string of the molecule is Clc1cc(Cl)c(-c2cc(CBr)ccc2Cl)cc1Cl. The first kappa shape index (κ1) is 14.5. The highest BCUT2D eigenvalue weighted by Gasteiger charge is 2.11. The van der Waals surface area contributed by atoms with Gasteiger partial charge >= 0.3 is 0 Å². The fourth-order valence-corrected chi connectivity index (χ4v) is 2.81. The Kier molecular flexibility index (Phi) is 4.85. The molecular formula is C13H7BrCl4. The number of hydrogen-bond donors (Lipinski definition) is 0. The third-order valence-electron chi connectivity index (χ3n) is 2.49. The number of hydrogen-bond acceptors (Lipinski definition) is 0. The molecule has 0 aliphatic heterocycles.